The molecule has 0 unspecified atom stereocenters. The number of nitrogens with one attached hydrogen (secondary N) is 1. The van der Waals surface area contributed by atoms with E-state index in [-0.39, 0.29) is 5.91 Å². The number of nitrogens with two attached hydrogens (primary N) is 1. The highest BCUT2D eigenvalue weighted by Crippen LogP contribution is 2.34. The summed E-state index contributed by atoms with van der Waals surface area (Å²) in [4.78, 5) is 12.7. The Hall–Kier alpha value is -1.39. The maximum atomic E-state index is 11.7. The van der Waals surface area contributed by atoms with Crippen molar-refractivity contribution in [1.29, 1.82) is 0 Å². The van der Waals surface area contributed by atoms with Crippen LogP contribution in [-0.4, -0.2) is 5.91 Å². The summed E-state index contributed by atoms with van der Waals surface area (Å²) >= 11 is 1.63. The molecule has 1 aromatic heterocycles. The van der Waals surface area contributed by atoms with E-state index in [0.717, 1.165) is 4.88 Å². The number of carbonyl (C=O) groups is 1. The summed E-state index contributed by atoms with van der Waals surface area (Å²) < 4.78 is 1.19. The Morgan fingerprint density at radius 1 is 1.38 bits per heavy atom. The number of amides is 1. The minimum absolute atomic E-state index is 0.168. The Morgan fingerprint density at radius 3 is 2.69 bits per heavy atom. The number of rotatable bonds is 2. The van der Waals surface area contributed by atoms with Crippen LogP contribution in [0.3, 0.4) is 0 Å². The first-order valence-electron chi connectivity index (χ1n) is 5.06. The number of hydrogen-bond donors (Lipinski definition) is 2. The molecular weight excluding hydrogens is 220 g/mol. The Kier molecular flexibility index (Phi) is 2.69. The van der Waals surface area contributed by atoms with Gasteiger partial charge in [-0.1, -0.05) is 18.2 Å². The van der Waals surface area contributed by atoms with E-state index >= 15 is 0 Å². The van der Waals surface area contributed by atoms with Crippen LogP contribution >= 0.6 is 11.3 Å². The van der Waals surface area contributed by atoms with Gasteiger partial charge in [0.2, 0.25) is 5.91 Å². The maximum Gasteiger partial charge on any atom is 0.244 e. The number of hydrazine groups is 1. The third kappa shape index (κ3) is 1.70. The third-order valence-corrected chi connectivity index (χ3v) is 4.18. The van der Waals surface area contributed by atoms with Crippen molar-refractivity contribution in [3.05, 3.63) is 35.2 Å². The van der Waals surface area contributed by atoms with Crippen LogP contribution in [0.15, 0.2) is 30.3 Å². The summed E-state index contributed by atoms with van der Waals surface area (Å²) in [5.41, 5.74) is 1.63. The molecule has 0 aliphatic heterocycles. The summed E-state index contributed by atoms with van der Waals surface area (Å²) in [6.45, 7) is 3.75. The molecule has 0 fully saturated rings. The lowest BCUT2D eigenvalue weighted by Crippen LogP contribution is -2.43. The first-order valence-corrected chi connectivity index (χ1v) is 5.87. The van der Waals surface area contributed by atoms with E-state index in [2.05, 4.69) is 17.6 Å². The number of thiophene rings is 1. The predicted molar refractivity (Wildman–Crippen MR) is 67.2 cm³/mol. The van der Waals surface area contributed by atoms with Crippen molar-refractivity contribution in [2.75, 3.05) is 0 Å². The summed E-state index contributed by atoms with van der Waals surface area (Å²) in [7, 11) is 0. The molecule has 1 aromatic carbocycles. The third-order valence-electron chi connectivity index (χ3n) is 2.74. The molecule has 0 aliphatic carbocycles. The largest absolute Gasteiger partial charge is 0.293 e. The van der Waals surface area contributed by atoms with Crippen LogP contribution in [0.4, 0.5) is 0 Å². The quantitative estimate of drug-likeness (QED) is 0.475. The van der Waals surface area contributed by atoms with Crippen LogP contribution in [0.2, 0.25) is 0 Å². The van der Waals surface area contributed by atoms with Gasteiger partial charge in [0.15, 0.2) is 0 Å². The lowest BCUT2D eigenvalue weighted by Gasteiger charge is -2.20. The molecule has 4 heteroatoms. The molecular formula is C12H14N2OS. The van der Waals surface area contributed by atoms with Crippen molar-refractivity contribution in [3.8, 4) is 0 Å². The number of hydrogen-bond acceptors (Lipinski definition) is 3. The predicted octanol–water partition coefficient (Wildman–Crippen LogP) is 2.17. The van der Waals surface area contributed by atoms with Crippen LogP contribution < -0.4 is 11.3 Å². The minimum Gasteiger partial charge on any atom is -0.293 e. The Morgan fingerprint density at radius 2 is 2.06 bits per heavy atom. The lowest BCUT2D eigenvalue weighted by molar-refractivity contribution is -0.125. The molecule has 0 saturated heterocycles. The maximum absolute atomic E-state index is 11.7. The monoisotopic (exact) mass is 234 g/mol. The fraction of sp³-hybridized carbons (Fsp3) is 0.250. The first-order chi connectivity index (χ1) is 7.55. The van der Waals surface area contributed by atoms with E-state index in [4.69, 9.17) is 5.84 Å². The van der Waals surface area contributed by atoms with Crippen LogP contribution in [0.1, 0.15) is 18.7 Å². The Labute approximate surface area is 98.2 Å². The zero-order valence-corrected chi connectivity index (χ0v) is 10.1. The van der Waals surface area contributed by atoms with E-state index < -0.39 is 5.41 Å². The van der Waals surface area contributed by atoms with Gasteiger partial charge < -0.3 is 0 Å². The SMILES string of the molecule is CC(C)(C(=O)NN)c1cc2ccccc2s1. The van der Waals surface area contributed by atoms with Gasteiger partial charge in [-0.25, -0.2) is 5.84 Å². The van der Waals surface area contributed by atoms with Crippen LogP contribution in [0, 0.1) is 0 Å². The van der Waals surface area contributed by atoms with Crippen LogP contribution in [0.5, 0.6) is 0 Å². The topological polar surface area (TPSA) is 55.1 Å². The lowest BCUT2D eigenvalue weighted by atomic mass is 9.90. The molecule has 3 N–H and O–H groups in total. The van der Waals surface area contributed by atoms with Crippen molar-refractivity contribution < 1.29 is 4.79 Å². The first kappa shape index (κ1) is 11.1. The van der Waals surface area contributed by atoms with Crippen molar-refractivity contribution in [2.24, 2.45) is 5.84 Å². The molecule has 84 valence electrons. The van der Waals surface area contributed by atoms with Crippen molar-refractivity contribution in [1.82, 2.24) is 5.43 Å². The standard InChI is InChI=1S/C12H14N2OS/c1-12(2,11(15)14-13)10-7-8-5-3-4-6-9(8)16-10/h3-7H,13H2,1-2H3,(H,14,15). The minimum atomic E-state index is -0.585. The molecule has 0 radical (unpaired) electrons. The van der Waals surface area contributed by atoms with Gasteiger partial charge in [0.05, 0.1) is 5.41 Å². The molecule has 0 spiro atoms. The molecule has 1 amide bonds. The normalized spacial score (nSPS) is 11.7. The molecule has 0 bridgehead atoms. The second-order valence-electron chi connectivity index (χ2n) is 4.25. The molecule has 2 aromatic rings. The van der Waals surface area contributed by atoms with Gasteiger partial charge in [0.25, 0.3) is 0 Å². The Balaban J connectivity index is 2.51. The van der Waals surface area contributed by atoms with Gasteiger partial charge in [-0.05, 0) is 31.4 Å². The van der Waals surface area contributed by atoms with Gasteiger partial charge >= 0.3 is 0 Å². The summed E-state index contributed by atoms with van der Waals surface area (Å²) in [5.74, 6) is 5.03. The molecule has 0 atom stereocenters. The molecule has 16 heavy (non-hydrogen) atoms. The van der Waals surface area contributed by atoms with Gasteiger partial charge in [-0.3, -0.25) is 10.2 Å². The van der Waals surface area contributed by atoms with Crippen molar-refractivity contribution in [2.45, 2.75) is 19.3 Å². The summed E-state index contributed by atoms with van der Waals surface area (Å²) in [6, 6.07) is 10.1. The van der Waals surface area contributed by atoms with Gasteiger partial charge in [-0.2, -0.15) is 0 Å². The van der Waals surface area contributed by atoms with E-state index in [9.17, 15) is 4.79 Å². The highest BCUT2D eigenvalue weighted by atomic mass is 32.1. The fourth-order valence-electron chi connectivity index (χ4n) is 1.58. The van der Waals surface area contributed by atoms with Crippen molar-refractivity contribution in [3.63, 3.8) is 0 Å². The summed E-state index contributed by atoms with van der Waals surface area (Å²) in [6.07, 6.45) is 0. The highest BCUT2D eigenvalue weighted by molar-refractivity contribution is 7.19. The Bertz CT molecular complexity index is 498. The van der Waals surface area contributed by atoms with E-state index in [1.54, 1.807) is 11.3 Å². The van der Waals surface area contributed by atoms with Crippen LogP contribution in [-0.2, 0) is 10.2 Å². The number of carbonyl (C=O) groups excluding carboxylic acids is 1. The average Bonchev–Trinajstić information content (AvgIpc) is 2.72. The zero-order chi connectivity index (χ0) is 11.8. The van der Waals surface area contributed by atoms with E-state index in [0.29, 0.717) is 0 Å². The van der Waals surface area contributed by atoms with Crippen LogP contribution in [0.25, 0.3) is 10.1 Å². The van der Waals surface area contributed by atoms with Gasteiger partial charge in [-0.15, -0.1) is 11.3 Å². The second kappa shape index (κ2) is 3.88. The molecule has 1 heterocycles. The number of fused-ring (bicyclic) bond motifs is 1. The smallest absolute Gasteiger partial charge is 0.244 e. The number of benzene rings is 1. The zero-order valence-electron chi connectivity index (χ0n) is 9.28. The molecule has 3 nitrogen and oxygen atoms in total. The average molecular weight is 234 g/mol. The summed E-state index contributed by atoms with van der Waals surface area (Å²) in [5, 5.41) is 1.17. The highest BCUT2D eigenvalue weighted by Gasteiger charge is 2.30. The second-order valence-corrected chi connectivity index (χ2v) is 5.33. The van der Waals surface area contributed by atoms with Crippen molar-refractivity contribution >= 4 is 27.3 Å². The molecule has 0 aliphatic rings. The molecule has 0 saturated carbocycles. The molecule has 2 rings (SSSR count). The van der Waals surface area contributed by atoms with Gasteiger partial charge in [0.1, 0.15) is 0 Å². The van der Waals surface area contributed by atoms with Gasteiger partial charge in [0, 0.05) is 9.58 Å². The van der Waals surface area contributed by atoms with E-state index in [1.807, 2.05) is 32.0 Å². The fourth-order valence-corrected chi connectivity index (χ4v) is 2.74. The van der Waals surface area contributed by atoms with E-state index in [1.165, 1.54) is 10.1 Å².